The van der Waals surface area contributed by atoms with Crippen LogP contribution < -0.4 is 4.90 Å². The van der Waals surface area contributed by atoms with Crippen LogP contribution in [0.5, 0.6) is 0 Å². The second kappa shape index (κ2) is 7.18. The normalized spacial score (nSPS) is 13.2. The third kappa shape index (κ3) is 3.36. The lowest BCUT2D eigenvalue weighted by Crippen LogP contribution is -2.28. The standard InChI is InChI=1S/C23H28N4/c1-16(2)13-26-15-18-9-5-6-10-19(18)23-22(20-11-7-8-12-21(20)26)24-25-27(23)14-17(3)4/h5-12,16-17H,13-15H2,1-4H3. The second-order valence-electron chi connectivity index (χ2n) is 8.31. The molecule has 0 N–H and O–H groups in total. The Hall–Kier alpha value is -2.62. The molecule has 0 atom stereocenters. The smallest absolute Gasteiger partial charge is 0.123 e. The van der Waals surface area contributed by atoms with Gasteiger partial charge in [0.1, 0.15) is 5.69 Å². The number of hydrogen-bond acceptors (Lipinski definition) is 3. The predicted molar refractivity (Wildman–Crippen MR) is 112 cm³/mol. The monoisotopic (exact) mass is 360 g/mol. The maximum atomic E-state index is 4.65. The van der Waals surface area contributed by atoms with Gasteiger partial charge in [0.05, 0.1) is 5.69 Å². The summed E-state index contributed by atoms with van der Waals surface area (Å²) in [7, 11) is 0. The topological polar surface area (TPSA) is 34.0 Å². The summed E-state index contributed by atoms with van der Waals surface area (Å²) in [5, 5.41) is 9.20. The summed E-state index contributed by atoms with van der Waals surface area (Å²) >= 11 is 0. The molecule has 0 saturated heterocycles. The fraction of sp³-hybridized carbons (Fsp3) is 0.391. The van der Waals surface area contributed by atoms with Crippen molar-refractivity contribution in [1.82, 2.24) is 15.0 Å². The first-order valence-electron chi connectivity index (χ1n) is 9.90. The molecule has 1 aliphatic heterocycles. The Labute approximate surface area is 161 Å². The Morgan fingerprint density at radius 1 is 0.852 bits per heavy atom. The number of anilines is 1. The average molecular weight is 361 g/mol. The highest BCUT2D eigenvalue weighted by Crippen LogP contribution is 2.41. The van der Waals surface area contributed by atoms with E-state index in [9.17, 15) is 0 Å². The summed E-state index contributed by atoms with van der Waals surface area (Å²) < 4.78 is 2.09. The van der Waals surface area contributed by atoms with Crippen molar-refractivity contribution in [1.29, 1.82) is 0 Å². The van der Waals surface area contributed by atoms with Crippen LogP contribution in [-0.2, 0) is 13.1 Å². The van der Waals surface area contributed by atoms with E-state index in [0.29, 0.717) is 11.8 Å². The molecule has 0 amide bonds. The van der Waals surface area contributed by atoms with Crippen LogP contribution in [0.1, 0.15) is 33.3 Å². The summed E-state index contributed by atoms with van der Waals surface area (Å²) in [6.07, 6.45) is 0. The van der Waals surface area contributed by atoms with Crippen molar-refractivity contribution in [2.75, 3.05) is 11.4 Å². The average Bonchev–Trinajstić information content (AvgIpc) is 3.02. The minimum Gasteiger partial charge on any atom is -0.366 e. The minimum absolute atomic E-state index is 0.515. The SMILES string of the molecule is CC(C)CN1Cc2ccccc2-c2c(nnn2CC(C)C)-c2ccccc21. The molecule has 2 aromatic carbocycles. The van der Waals surface area contributed by atoms with Gasteiger partial charge in [-0.3, -0.25) is 0 Å². The lowest BCUT2D eigenvalue weighted by atomic mass is 9.95. The molecule has 4 nitrogen and oxygen atoms in total. The first kappa shape index (κ1) is 17.8. The summed E-state index contributed by atoms with van der Waals surface area (Å²) in [4.78, 5) is 2.49. The number of para-hydroxylation sites is 1. The van der Waals surface area contributed by atoms with Crippen LogP contribution in [0.4, 0.5) is 5.69 Å². The molecule has 1 aliphatic rings. The molecule has 0 spiro atoms. The van der Waals surface area contributed by atoms with E-state index < -0.39 is 0 Å². The van der Waals surface area contributed by atoms with Gasteiger partial charge in [-0.25, -0.2) is 4.68 Å². The van der Waals surface area contributed by atoms with E-state index in [0.717, 1.165) is 31.0 Å². The van der Waals surface area contributed by atoms with Gasteiger partial charge in [0.25, 0.3) is 0 Å². The first-order chi connectivity index (χ1) is 13.0. The van der Waals surface area contributed by atoms with Crippen molar-refractivity contribution >= 4 is 5.69 Å². The lowest BCUT2D eigenvalue weighted by Gasteiger charge is -2.31. The van der Waals surface area contributed by atoms with Gasteiger partial charge in [-0.15, -0.1) is 5.10 Å². The Bertz CT molecular complexity index is 939. The zero-order valence-electron chi connectivity index (χ0n) is 16.7. The lowest BCUT2D eigenvalue weighted by molar-refractivity contribution is 0.475. The molecule has 4 rings (SSSR count). The van der Waals surface area contributed by atoms with Crippen LogP contribution in [-0.4, -0.2) is 21.5 Å². The van der Waals surface area contributed by atoms with Crippen LogP contribution >= 0.6 is 0 Å². The molecule has 1 aromatic heterocycles. The maximum absolute atomic E-state index is 4.65. The van der Waals surface area contributed by atoms with Crippen LogP contribution in [0.15, 0.2) is 48.5 Å². The molecular formula is C23H28N4. The molecular weight excluding hydrogens is 332 g/mol. The Morgan fingerprint density at radius 3 is 2.26 bits per heavy atom. The molecule has 0 saturated carbocycles. The molecule has 0 radical (unpaired) electrons. The predicted octanol–water partition coefficient (Wildman–Crippen LogP) is 5.24. The van der Waals surface area contributed by atoms with Crippen LogP contribution in [0.2, 0.25) is 0 Å². The van der Waals surface area contributed by atoms with Gasteiger partial charge in [-0.05, 0) is 23.5 Å². The highest BCUT2D eigenvalue weighted by atomic mass is 15.4. The fourth-order valence-corrected chi connectivity index (χ4v) is 3.97. The van der Waals surface area contributed by atoms with E-state index in [2.05, 4.69) is 96.1 Å². The van der Waals surface area contributed by atoms with Gasteiger partial charge in [0, 0.05) is 36.4 Å². The Kier molecular flexibility index (Phi) is 4.73. The van der Waals surface area contributed by atoms with Crippen molar-refractivity contribution in [2.45, 2.75) is 40.8 Å². The van der Waals surface area contributed by atoms with Gasteiger partial charge in [0.15, 0.2) is 0 Å². The maximum Gasteiger partial charge on any atom is 0.123 e. The quantitative estimate of drug-likeness (QED) is 0.638. The van der Waals surface area contributed by atoms with Crippen molar-refractivity contribution in [3.8, 4) is 22.5 Å². The number of benzene rings is 2. The zero-order valence-corrected chi connectivity index (χ0v) is 16.7. The van der Waals surface area contributed by atoms with E-state index in [4.69, 9.17) is 0 Å². The summed E-state index contributed by atoms with van der Waals surface area (Å²) in [6.45, 7) is 11.8. The Balaban J connectivity index is 1.98. The van der Waals surface area contributed by atoms with E-state index in [1.165, 1.54) is 22.4 Å². The Morgan fingerprint density at radius 2 is 1.52 bits per heavy atom. The number of hydrogen-bond donors (Lipinski definition) is 0. The molecule has 0 aliphatic carbocycles. The highest BCUT2D eigenvalue weighted by Gasteiger charge is 2.26. The number of fused-ring (bicyclic) bond motifs is 5. The molecule has 4 heteroatoms. The van der Waals surface area contributed by atoms with Gasteiger partial charge < -0.3 is 4.90 Å². The fourth-order valence-electron chi connectivity index (χ4n) is 3.97. The minimum atomic E-state index is 0.515. The zero-order chi connectivity index (χ0) is 19.0. The highest BCUT2D eigenvalue weighted by molar-refractivity contribution is 5.88. The van der Waals surface area contributed by atoms with Crippen molar-refractivity contribution in [3.05, 3.63) is 54.1 Å². The first-order valence-corrected chi connectivity index (χ1v) is 9.90. The van der Waals surface area contributed by atoms with E-state index >= 15 is 0 Å². The number of aromatic nitrogens is 3. The van der Waals surface area contributed by atoms with Crippen molar-refractivity contribution in [2.24, 2.45) is 11.8 Å². The second-order valence-corrected chi connectivity index (χ2v) is 8.31. The third-order valence-electron chi connectivity index (χ3n) is 4.99. The van der Waals surface area contributed by atoms with Gasteiger partial charge >= 0.3 is 0 Å². The van der Waals surface area contributed by atoms with E-state index in [1.807, 2.05) is 0 Å². The van der Waals surface area contributed by atoms with Crippen molar-refractivity contribution < 1.29 is 0 Å². The molecule has 0 unspecified atom stereocenters. The third-order valence-corrected chi connectivity index (χ3v) is 4.99. The van der Waals surface area contributed by atoms with Crippen LogP contribution in [0, 0.1) is 11.8 Å². The number of nitrogens with zero attached hydrogens (tertiary/aromatic N) is 4. The van der Waals surface area contributed by atoms with Gasteiger partial charge in [-0.1, -0.05) is 75.4 Å². The van der Waals surface area contributed by atoms with E-state index in [1.54, 1.807) is 0 Å². The van der Waals surface area contributed by atoms with E-state index in [-0.39, 0.29) is 0 Å². The van der Waals surface area contributed by atoms with Crippen LogP contribution in [0.25, 0.3) is 22.5 Å². The summed E-state index contributed by atoms with van der Waals surface area (Å²) in [6, 6.07) is 17.3. The van der Waals surface area contributed by atoms with Crippen LogP contribution in [0.3, 0.4) is 0 Å². The van der Waals surface area contributed by atoms with Gasteiger partial charge in [-0.2, -0.15) is 0 Å². The molecule has 2 heterocycles. The molecule has 0 fully saturated rings. The summed E-state index contributed by atoms with van der Waals surface area (Å²) in [5.41, 5.74) is 7.15. The molecule has 0 bridgehead atoms. The summed E-state index contributed by atoms with van der Waals surface area (Å²) in [5.74, 6) is 1.10. The largest absolute Gasteiger partial charge is 0.366 e. The molecule has 140 valence electrons. The number of rotatable bonds is 4. The van der Waals surface area contributed by atoms with Crippen molar-refractivity contribution in [3.63, 3.8) is 0 Å². The van der Waals surface area contributed by atoms with Gasteiger partial charge in [0.2, 0.25) is 0 Å². The molecule has 27 heavy (non-hydrogen) atoms. The molecule has 3 aromatic rings.